The minimum atomic E-state index is 0.682. The van der Waals surface area contributed by atoms with Gasteiger partial charge in [-0.1, -0.05) is 21.9 Å². The average Bonchev–Trinajstić information content (AvgIpc) is 1.89. The molecule has 0 aromatic rings. The van der Waals surface area contributed by atoms with Gasteiger partial charge in [0.15, 0.2) is 0 Å². The van der Waals surface area contributed by atoms with Gasteiger partial charge in [0.2, 0.25) is 0 Å². The van der Waals surface area contributed by atoms with Crippen LogP contribution in [0.25, 0.3) is 0 Å². The molecule has 0 aromatic carbocycles. The van der Waals surface area contributed by atoms with Crippen LogP contribution in [0.15, 0.2) is 0 Å². The molecule has 0 N–H and O–H groups in total. The smallest absolute Gasteiger partial charge is 0.110 e. The molecule has 0 fully saturated rings. The molecule has 0 saturated heterocycles. The minimum absolute atomic E-state index is 0.682. The van der Waals surface area contributed by atoms with E-state index in [9.17, 15) is 0 Å². The summed E-state index contributed by atoms with van der Waals surface area (Å²) in [5.41, 5.74) is 0. The molecule has 0 amide bonds. The van der Waals surface area contributed by atoms with Gasteiger partial charge in [-0.2, -0.15) is 0 Å². The maximum absolute atomic E-state index is 4.80. The summed E-state index contributed by atoms with van der Waals surface area (Å²) in [7, 11) is 0. The topological polar surface area (TPSA) is 9.23 Å². The van der Waals surface area contributed by atoms with Crippen molar-refractivity contribution in [2.45, 2.75) is 19.8 Å². The molecule has 0 aromatic heterocycles. The van der Waals surface area contributed by atoms with Gasteiger partial charge in [-0.05, 0) is 13.3 Å². The van der Waals surface area contributed by atoms with Gasteiger partial charge in [0.1, 0.15) is 6.11 Å². The van der Waals surface area contributed by atoms with Crippen LogP contribution in [-0.2, 0) is 4.74 Å². The van der Waals surface area contributed by atoms with Crippen LogP contribution in [0.5, 0.6) is 0 Å². The van der Waals surface area contributed by atoms with Gasteiger partial charge in [0.25, 0.3) is 0 Å². The first-order valence-corrected chi connectivity index (χ1v) is 4.19. The molecule has 0 radical (unpaired) electrons. The third-order valence-corrected chi connectivity index (χ3v) is 1.28. The molecule has 0 heterocycles. The molecule has 52 valence electrons. The van der Waals surface area contributed by atoms with Crippen molar-refractivity contribution in [2.24, 2.45) is 0 Å². The molecule has 0 rings (SSSR count). The second-order valence-electron chi connectivity index (χ2n) is 1.50. The van der Waals surface area contributed by atoms with Crippen LogP contribution < -0.4 is 0 Å². The number of hydrogen-bond donors (Lipinski definition) is 0. The Bertz CT molecular complexity index is 101. The number of rotatable bonds is 3. The zero-order chi connectivity index (χ0) is 6.95. The second-order valence-corrected chi connectivity index (χ2v) is 2.30. The quantitative estimate of drug-likeness (QED) is 0.377. The first kappa shape index (κ1) is 8.84. The number of ether oxygens (including phenoxy) is 1. The van der Waals surface area contributed by atoms with Crippen LogP contribution in [0.2, 0.25) is 0 Å². The van der Waals surface area contributed by atoms with Crippen LogP contribution in [0.1, 0.15) is 19.8 Å². The lowest BCUT2D eigenvalue weighted by Gasteiger charge is -1.85. The number of alkyl halides is 1. The Morgan fingerprint density at radius 2 is 2.33 bits per heavy atom. The molecule has 2 heteroatoms. The maximum Gasteiger partial charge on any atom is 0.110 e. The molecule has 1 nitrogen and oxygen atoms in total. The highest BCUT2D eigenvalue weighted by atomic mass is 79.9. The fraction of sp³-hybridized carbons (Fsp3) is 0.714. The Balaban J connectivity index is 2.96. The van der Waals surface area contributed by atoms with Crippen LogP contribution >= 0.6 is 15.9 Å². The zero-order valence-electron chi connectivity index (χ0n) is 5.61. The van der Waals surface area contributed by atoms with Crippen molar-refractivity contribution in [3.63, 3.8) is 0 Å². The van der Waals surface area contributed by atoms with Gasteiger partial charge in [0, 0.05) is 11.8 Å². The Hall–Kier alpha value is -0.160. The van der Waals surface area contributed by atoms with Gasteiger partial charge in [0.05, 0.1) is 6.61 Å². The molecule has 0 bridgehead atoms. The van der Waals surface area contributed by atoms with E-state index in [0.29, 0.717) is 6.61 Å². The van der Waals surface area contributed by atoms with Crippen molar-refractivity contribution >= 4 is 15.9 Å². The lowest BCUT2D eigenvalue weighted by atomic mass is 10.4. The SMILES string of the molecule is CCOC#CCCCBr. The van der Waals surface area contributed by atoms with Gasteiger partial charge < -0.3 is 4.74 Å². The van der Waals surface area contributed by atoms with Crippen molar-refractivity contribution < 1.29 is 4.74 Å². The van der Waals surface area contributed by atoms with E-state index in [1.807, 2.05) is 6.92 Å². The van der Waals surface area contributed by atoms with Gasteiger partial charge in [-0.15, -0.1) is 0 Å². The van der Waals surface area contributed by atoms with Crippen LogP contribution in [0, 0.1) is 12.0 Å². The summed E-state index contributed by atoms with van der Waals surface area (Å²) in [5, 5.41) is 1.02. The third kappa shape index (κ3) is 7.84. The fourth-order valence-electron chi connectivity index (χ4n) is 0.329. The number of unbranched alkanes of at least 4 members (excludes halogenated alkanes) is 1. The lowest BCUT2D eigenvalue weighted by Crippen LogP contribution is -1.77. The van der Waals surface area contributed by atoms with E-state index >= 15 is 0 Å². The van der Waals surface area contributed by atoms with Gasteiger partial charge in [-0.3, -0.25) is 0 Å². The molecule has 0 unspecified atom stereocenters. The molecule has 9 heavy (non-hydrogen) atoms. The first-order valence-electron chi connectivity index (χ1n) is 3.07. The van der Waals surface area contributed by atoms with Crippen molar-refractivity contribution in [2.75, 3.05) is 11.9 Å². The Kier molecular flexibility index (Phi) is 7.70. The van der Waals surface area contributed by atoms with Crippen LogP contribution in [0.3, 0.4) is 0 Å². The summed E-state index contributed by atoms with van der Waals surface area (Å²) < 4.78 is 4.80. The van der Waals surface area contributed by atoms with E-state index in [2.05, 4.69) is 28.0 Å². The maximum atomic E-state index is 4.80. The van der Waals surface area contributed by atoms with Crippen molar-refractivity contribution in [1.29, 1.82) is 0 Å². The van der Waals surface area contributed by atoms with E-state index in [1.165, 1.54) is 0 Å². The summed E-state index contributed by atoms with van der Waals surface area (Å²) in [5.74, 6) is 2.88. The minimum Gasteiger partial charge on any atom is -0.447 e. The average molecular weight is 191 g/mol. The molecule has 0 saturated carbocycles. The molecular weight excluding hydrogens is 180 g/mol. The van der Waals surface area contributed by atoms with E-state index in [0.717, 1.165) is 18.2 Å². The Labute approximate surface area is 64.9 Å². The monoisotopic (exact) mass is 190 g/mol. The molecule has 0 aliphatic carbocycles. The van der Waals surface area contributed by atoms with Crippen molar-refractivity contribution in [3.05, 3.63) is 0 Å². The third-order valence-electron chi connectivity index (χ3n) is 0.724. The standard InChI is InChI=1S/C7H11BrO/c1-2-9-7-5-3-4-6-8/h2-4,6H2,1H3. The zero-order valence-corrected chi connectivity index (χ0v) is 7.20. The van der Waals surface area contributed by atoms with E-state index < -0.39 is 0 Å². The normalized spacial score (nSPS) is 7.78. The molecular formula is C7H11BrO. The summed E-state index contributed by atoms with van der Waals surface area (Å²) in [4.78, 5) is 0. The largest absolute Gasteiger partial charge is 0.447 e. The summed E-state index contributed by atoms with van der Waals surface area (Å²) in [6.45, 7) is 2.61. The highest BCUT2D eigenvalue weighted by Gasteiger charge is 1.76. The van der Waals surface area contributed by atoms with E-state index in [1.54, 1.807) is 0 Å². The molecule has 0 atom stereocenters. The fourth-order valence-corrected chi connectivity index (χ4v) is 0.610. The Morgan fingerprint density at radius 3 is 2.89 bits per heavy atom. The van der Waals surface area contributed by atoms with E-state index in [4.69, 9.17) is 4.74 Å². The van der Waals surface area contributed by atoms with Crippen LogP contribution in [0.4, 0.5) is 0 Å². The summed E-state index contributed by atoms with van der Waals surface area (Å²) >= 11 is 3.31. The second kappa shape index (κ2) is 7.84. The predicted molar refractivity (Wildman–Crippen MR) is 42.4 cm³/mol. The lowest BCUT2D eigenvalue weighted by molar-refractivity contribution is 0.298. The number of hydrogen-bond acceptors (Lipinski definition) is 1. The summed E-state index contributed by atoms with van der Waals surface area (Å²) in [6.07, 6.45) is 4.62. The first-order chi connectivity index (χ1) is 4.41. The molecule has 0 spiro atoms. The predicted octanol–water partition coefficient (Wildman–Crippen LogP) is 2.16. The highest BCUT2D eigenvalue weighted by molar-refractivity contribution is 9.09. The van der Waals surface area contributed by atoms with Crippen molar-refractivity contribution in [1.82, 2.24) is 0 Å². The summed E-state index contributed by atoms with van der Waals surface area (Å²) in [6, 6.07) is 0. The number of halogens is 1. The van der Waals surface area contributed by atoms with Gasteiger partial charge in [-0.25, -0.2) is 0 Å². The molecule has 0 aliphatic heterocycles. The molecule has 0 aliphatic rings. The highest BCUT2D eigenvalue weighted by Crippen LogP contribution is 1.90. The Morgan fingerprint density at radius 1 is 1.56 bits per heavy atom. The van der Waals surface area contributed by atoms with Gasteiger partial charge >= 0.3 is 0 Å². The van der Waals surface area contributed by atoms with E-state index in [-0.39, 0.29) is 0 Å². The van der Waals surface area contributed by atoms with Crippen LogP contribution in [-0.4, -0.2) is 11.9 Å². The van der Waals surface area contributed by atoms with Crippen molar-refractivity contribution in [3.8, 4) is 12.0 Å².